The summed E-state index contributed by atoms with van der Waals surface area (Å²) in [5, 5.41) is 18.2. The van der Waals surface area contributed by atoms with Crippen LogP contribution in [-0.4, -0.2) is 30.8 Å². The maximum absolute atomic E-state index is 12.3. The van der Waals surface area contributed by atoms with Crippen molar-refractivity contribution < 1.29 is 19.4 Å². The monoisotopic (exact) mass is 276 g/mol. The first-order valence-electron chi connectivity index (χ1n) is 6.33. The molecule has 1 heterocycles. The minimum Gasteiger partial charge on any atom is -0.493 e. The number of anilines is 1. The summed E-state index contributed by atoms with van der Waals surface area (Å²) in [6, 6.07) is 5.27. The highest BCUT2D eigenvalue weighted by molar-refractivity contribution is 6.01. The fourth-order valence-electron chi connectivity index (χ4n) is 2.18. The summed E-state index contributed by atoms with van der Waals surface area (Å²) in [4.78, 5) is 13.6. The van der Waals surface area contributed by atoms with Crippen molar-refractivity contribution in [2.75, 3.05) is 18.6 Å². The van der Waals surface area contributed by atoms with Crippen LogP contribution in [0.4, 0.5) is 5.69 Å². The molecule has 20 heavy (non-hydrogen) atoms. The number of carbonyl (C=O) groups excluding carboxylic acids is 1. The summed E-state index contributed by atoms with van der Waals surface area (Å²) >= 11 is 0. The second kappa shape index (κ2) is 5.80. The average molecular weight is 276 g/mol. The molecule has 0 aromatic heterocycles. The Kier molecular flexibility index (Phi) is 4.11. The number of carbonyl (C=O) groups is 1. The molecule has 1 unspecified atom stereocenters. The second-order valence-corrected chi connectivity index (χ2v) is 4.40. The van der Waals surface area contributed by atoms with E-state index < -0.39 is 6.10 Å². The normalized spacial score (nSPS) is 17.2. The van der Waals surface area contributed by atoms with Crippen LogP contribution in [0, 0.1) is 11.3 Å². The van der Waals surface area contributed by atoms with Crippen LogP contribution in [0.1, 0.15) is 18.9 Å². The average Bonchev–Trinajstić information content (AvgIpc) is 2.48. The Morgan fingerprint density at radius 1 is 1.55 bits per heavy atom. The Hall–Kier alpha value is -2.26. The van der Waals surface area contributed by atoms with Gasteiger partial charge in [-0.05, 0) is 24.1 Å². The largest absolute Gasteiger partial charge is 0.493 e. The van der Waals surface area contributed by atoms with Gasteiger partial charge >= 0.3 is 0 Å². The van der Waals surface area contributed by atoms with Crippen molar-refractivity contribution in [3.05, 3.63) is 17.7 Å². The van der Waals surface area contributed by atoms with Crippen LogP contribution in [0.2, 0.25) is 0 Å². The first-order chi connectivity index (χ1) is 9.65. The topological polar surface area (TPSA) is 82.8 Å². The summed E-state index contributed by atoms with van der Waals surface area (Å²) in [6.45, 7) is 1.59. The van der Waals surface area contributed by atoms with Gasteiger partial charge in [-0.25, -0.2) is 0 Å². The number of methoxy groups -OCH3 is 1. The zero-order valence-corrected chi connectivity index (χ0v) is 11.4. The Morgan fingerprint density at radius 2 is 2.30 bits per heavy atom. The van der Waals surface area contributed by atoms with Crippen molar-refractivity contribution in [2.45, 2.75) is 26.1 Å². The van der Waals surface area contributed by atoms with E-state index >= 15 is 0 Å². The maximum Gasteiger partial charge on any atom is 0.269 e. The lowest BCUT2D eigenvalue weighted by atomic mass is 10.1. The number of aliphatic hydroxyl groups excluding tert-OH is 1. The predicted octanol–water partition coefficient (Wildman–Crippen LogP) is 1.22. The van der Waals surface area contributed by atoms with Crippen molar-refractivity contribution in [3.8, 4) is 17.6 Å². The smallest absolute Gasteiger partial charge is 0.269 e. The van der Waals surface area contributed by atoms with Gasteiger partial charge in [-0.3, -0.25) is 9.69 Å². The van der Waals surface area contributed by atoms with Gasteiger partial charge in [0, 0.05) is 0 Å². The number of hydrogen-bond donors (Lipinski definition) is 1. The summed E-state index contributed by atoms with van der Waals surface area (Å²) < 4.78 is 10.9. The minimum absolute atomic E-state index is 0.0657. The van der Waals surface area contributed by atoms with E-state index in [2.05, 4.69) is 0 Å². The van der Waals surface area contributed by atoms with Crippen LogP contribution < -0.4 is 14.4 Å². The van der Waals surface area contributed by atoms with Gasteiger partial charge in [-0.2, -0.15) is 5.26 Å². The van der Waals surface area contributed by atoms with E-state index in [1.165, 1.54) is 12.0 Å². The Balaban J connectivity index is 2.59. The lowest BCUT2D eigenvalue weighted by molar-refractivity contribution is -0.126. The summed E-state index contributed by atoms with van der Waals surface area (Å²) in [6.07, 6.45) is -0.116. The molecule has 1 aromatic rings. The number of aliphatic hydroxyl groups is 1. The van der Waals surface area contributed by atoms with Crippen LogP contribution in [0.5, 0.6) is 11.5 Å². The molecule has 0 saturated carbocycles. The highest BCUT2D eigenvalue weighted by Gasteiger charge is 2.35. The highest BCUT2D eigenvalue weighted by Crippen LogP contribution is 2.43. The summed E-state index contributed by atoms with van der Waals surface area (Å²) in [5.74, 6) is 0.630. The van der Waals surface area contributed by atoms with Gasteiger partial charge in [0.25, 0.3) is 5.91 Å². The molecule has 0 radical (unpaired) electrons. The quantitative estimate of drug-likeness (QED) is 0.836. The van der Waals surface area contributed by atoms with Crippen molar-refractivity contribution in [3.63, 3.8) is 0 Å². The minimum atomic E-state index is -0.621. The van der Waals surface area contributed by atoms with Crippen LogP contribution in [-0.2, 0) is 11.4 Å². The first-order valence-corrected chi connectivity index (χ1v) is 6.33. The lowest BCUT2D eigenvalue weighted by Gasteiger charge is -2.33. The number of hydrogen-bond acceptors (Lipinski definition) is 5. The first kappa shape index (κ1) is 14.2. The Labute approximate surface area is 117 Å². The molecule has 1 aliphatic heterocycles. The Bertz CT molecular complexity index is 565. The third kappa shape index (κ3) is 2.28. The molecule has 2 rings (SSSR count). The standard InChI is InChI=1S/C14H16N2O4/c1-3-11-14(18)16(5-4-15)10-6-9(8-17)7-12(19-2)13(10)20-11/h6-7,11,17H,3,5,8H2,1-2H3. The third-order valence-electron chi connectivity index (χ3n) is 3.19. The van der Waals surface area contributed by atoms with Crippen molar-refractivity contribution in [1.82, 2.24) is 0 Å². The zero-order valence-electron chi connectivity index (χ0n) is 11.4. The fraction of sp³-hybridized carbons (Fsp3) is 0.429. The molecule has 0 saturated heterocycles. The molecule has 1 aromatic carbocycles. The number of fused-ring (bicyclic) bond motifs is 1. The van der Waals surface area contributed by atoms with E-state index in [1.54, 1.807) is 12.1 Å². The molecular formula is C14H16N2O4. The number of benzene rings is 1. The molecule has 1 atom stereocenters. The third-order valence-corrected chi connectivity index (χ3v) is 3.19. The molecule has 6 nitrogen and oxygen atoms in total. The maximum atomic E-state index is 12.3. The van der Waals surface area contributed by atoms with Gasteiger partial charge in [0.2, 0.25) is 0 Å². The molecule has 1 amide bonds. The van der Waals surface area contributed by atoms with Gasteiger partial charge in [-0.15, -0.1) is 0 Å². The molecule has 0 fully saturated rings. The number of ether oxygens (including phenoxy) is 2. The van der Waals surface area contributed by atoms with Gasteiger partial charge in [0.15, 0.2) is 17.6 Å². The summed E-state index contributed by atoms with van der Waals surface area (Å²) in [5.41, 5.74) is 1.06. The molecule has 0 bridgehead atoms. The molecule has 0 aliphatic carbocycles. The van der Waals surface area contributed by atoms with Crippen molar-refractivity contribution in [2.24, 2.45) is 0 Å². The number of amides is 1. The van der Waals surface area contributed by atoms with Gasteiger partial charge in [0.1, 0.15) is 6.54 Å². The van der Waals surface area contributed by atoms with Crippen LogP contribution in [0.3, 0.4) is 0 Å². The van der Waals surface area contributed by atoms with Crippen LogP contribution >= 0.6 is 0 Å². The highest BCUT2D eigenvalue weighted by atomic mass is 16.5. The van der Waals surface area contributed by atoms with E-state index in [-0.39, 0.29) is 19.1 Å². The molecule has 6 heteroatoms. The van der Waals surface area contributed by atoms with Crippen LogP contribution in [0.25, 0.3) is 0 Å². The number of nitrogens with zero attached hydrogens (tertiary/aromatic N) is 2. The van der Waals surface area contributed by atoms with Gasteiger partial charge in [0.05, 0.1) is 25.5 Å². The van der Waals surface area contributed by atoms with E-state index in [4.69, 9.17) is 14.7 Å². The van der Waals surface area contributed by atoms with Gasteiger partial charge in [-0.1, -0.05) is 6.92 Å². The second-order valence-electron chi connectivity index (χ2n) is 4.40. The van der Waals surface area contributed by atoms with E-state index in [1.807, 2.05) is 13.0 Å². The van der Waals surface area contributed by atoms with Crippen LogP contribution in [0.15, 0.2) is 12.1 Å². The van der Waals surface area contributed by atoms with E-state index in [0.29, 0.717) is 29.2 Å². The van der Waals surface area contributed by atoms with Crippen molar-refractivity contribution in [1.29, 1.82) is 5.26 Å². The molecular weight excluding hydrogens is 260 g/mol. The SMILES string of the molecule is CCC1Oc2c(OC)cc(CO)cc2N(CC#N)C1=O. The number of rotatable bonds is 4. The fourth-order valence-corrected chi connectivity index (χ4v) is 2.18. The predicted molar refractivity (Wildman–Crippen MR) is 71.6 cm³/mol. The van der Waals surface area contributed by atoms with E-state index in [0.717, 1.165) is 0 Å². The lowest BCUT2D eigenvalue weighted by Crippen LogP contribution is -2.46. The zero-order chi connectivity index (χ0) is 14.7. The van der Waals surface area contributed by atoms with Crippen molar-refractivity contribution >= 4 is 11.6 Å². The molecule has 0 spiro atoms. The number of nitriles is 1. The summed E-state index contributed by atoms with van der Waals surface area (Å²) in [7, 11) is 1.49. The Morgan fingerprint density at radius 3 is 2.85 bits per heavy atom. The van der Waals surface area contributed by atoms with E-state index in [9.17, 15) is 9.90 Å². The molecule has 1 aliphatic rings. The molecule has 1 N–H and O–H groups in total. The van der Waals surface area contributed by atoms with Gasteiger partial charge < -0.3 is 14.6 Å². The molecule has 106 valence electrons.